The number of nitrogens with zero attached hydrogens (tertiary/aromatic N) is 1. The fourth-order valence-corrected chi connectivity index (χ4v) is 2.97. The van der Waals surface area contributed by atoms with Gasteiger partial charge < -0.3 is 9.64 Å². The molecule has 1 aliphatic heterocycles. The van der Waals surface area contributed by atoms with Crippen molar-refractivity contribution in [2.45, 2.75) is 19.3 Å². The third-order valence-electron chi connectivity index (χ3n) is 4.05. The maximum atomic E-state index is 5.42. The molecule has 0 N–H and O–H groups in total. The van der Waals surface area contributed by atoms with Crippen LogP contribution in [-0.4, -0.2) is 31.6 Å². The molecule has 0 spiro atoms. The van der Waals surface area contributed by atoms with E-state index >= 15 is 0 Å². The van der Waals surface area contributed by atoms with Gasteiger partial charge >= 0.3 is 0 Å². The van der Waals surface area contributed by atoms with Crippen LogP contribution in [0.25, 0.3) is 10.8 Å². The summed E-state index contributed by atoms with van der Waals surface area (Å²) in [6, 6.07) is 12.9. The summed E-state index contributed by atoms with van der Waals surface area (Å²) in [4.78, 5) is 2.56. The molecule has 3 rings (SSSR count). The van der Waals surface area contributed by atoms with Gasteiger partial charge in [-0.15, -0.1) is 0 Å². The maximum absolute atomic E-state index is 5.42. The molecule has 0 aromatic heterocycles. The zero-order valence-electron chi connectivity index (χ0n) is 11.6. The Morgan fingerprint density at radius 2 is 1.89 bits per heavy atom. The van der Waals surface area contributed by atoms with Crippen LogP contribution in [0, 0.1) is 0 Å². The van der Waals surface area contributed by atoms with Gasteiger partial charge in [0.25, 0.3) is 0 Å². The molecule has 0 radical (unpaired) electrons. The van der Waals surface area contributed by atoms with Crippen molar-refractivity contribution in [3.63, 3.8) is 0 Å². The Balaban J connectivity index is 1.87. The van der Waals surface area contributed by atoms with Crippen LogP contribution in [0.2, 0.25) is 0 Å². The van der Waals surface area contributed by atoms with Crippen molar-refractivity contribution in [3.05, 3.63) is 42.0 Å². The van der Waals surface area contributed by atoms with E-state index in [0.717, 1.165) is 18.7 Å². The van der Waals surface area contributed by atoms with E-state index in [0.29, 0.717) is 0 Å². The van der Waals surface area contributed by atoms with Crippen LogP contribution in [0.1, 0.15) is 18.4 Å². The molecule has 0 unspecified atom stereocenters. The van der Waals surface area contributed by atoms with Gasteiger partial charge in [-0.05, 0) is 60.8 Å². The highest BCUT2D eigenvalue weighted by molar-refractivity contribution is 5.87. The molecule has 1 aliphatic rings. The first-order valence-electron chi connectivity index (χ1n) is 7.15. The first kappa shape index (κ1) is 12.5. The van der Waals surface area contributed by atoms with Crippen molar-refractivity contribution in [1.29, 1.82) is 0 Å². The largest absolute Gasteiger partial charge is 0.497 e. The van der Waals surface area contributed by atoms with Gasteiger partial charge in [0.05, 0.1) is 7.11 Å². The van der Waals surface area contributed by atoms with Gasteiger partial charge in [-0.1, -0.05) is 24.3 Å². The van der Waals surface area contributed by atoms with Crippen molar-refractivity contribution in [2.24, 2.45) is 0 Å². The molecular weight excluding hydrogens is 234 g/mol. The van der Waals surface area contributed by atoms with E-state index in [2.05, 4.69) is 41.3 Å². The summed E-state index contributed by atoms with van der Waals surface area (Å²) in [7, 11) is 1.74. The highest BCUT2D eigenvalue weighted by Gasteiger charge is 2.12. The molecule has 0 saturated carbocycles. The minimum absolute atomic E-state index is 0.968. The first-order chi connectivity index (χ1) is 9.36. The standard InChI is InChI=1S/C17H21NO/c1-19-16-12-14-6-2-3-7-17(14)15(13-16)8-11-18-9-4-5-10-18/h2-3,6-7,12-13H,4-5,8-11H2,1H3. The third kappa shape index (κ3) is 2.74. The molecule has 0 amide bonds. The van der Waals surface area contributed by atoms with Crippen molar-refractivity contribution < 1.29 is 4.74 Å². The molecule has 2 heteroatoms. The Bertz CT molecular complexity index is 558. The fraction of sp³-hybridized carbons (Fsp3) is 0.412. The van der Waals surface area contributed by atoms with Crippen LogP contribution >= 0.6 is 0 Å². The number of methoxy groups -OCH3 is 1. The average Bonchev–Trinajstić information content (AvgIpc) is 2.97. The minimum atomic E-state index is 0.968. The first-order valence-corrected chi connectivity index (χ1v) is 7.15. The quantitative estimate of drug-likeness (QED) is 0.829. The van der Waals surface area contributed by atoms with E-state index in [1.165, 1.54) is 42.3 Å². The maximum Gasteiger partial charge on any atom is 0.119 e. The average molecular weight is 255 g/mol. The van der Waals surface area contributed by atoms with Crippen LogP contribution < -0.4 is 4.74 Å². The van der Waals surface area contributed by atoms with Gasteiger partial charge in [-0.3, -0.25) is 0 Å². The lowest BCUT2D eigenvalue weighted by atomic mass is 10.0. The number of hydrogen-bond donors (Lipinski definition) is 0. The molecule has 2 aromatic rings. The zero-order valence-corrected chi connectivity index (χ0v) is 11.6. The smallest absolute Gasteiger partial charge is 0.119 e. The van der Waals surface area contributed by atoms with Gasteiger partial charge in [-0.25, -0.2) is 0 Å². The Morgan fingerprint density at radius 1 is 1.11 bits per heavy atom. The predicted molar refractivity (Wildman–Crippen MR) is 79.9 cm³/mol. The summed E-state index contributed by atoms with van der Waals surface area (Å²) >= 11 is 0. The summed E-state index contributed by atoms with van der Waals surface area (Å²) < 4.78 is 5.42. The number of ether oxygens (including phenoxy) is 1. The van der Waals surface area contributed by atoms with E-state index in [1.54, 1.807) is 7.11 Å². The van der Waals surface area contributed by atoms with Gasteiger partial charge in [0.15, 0.2) is 0 Å². The van der Waals surface area contributed by atoms with Crippen LogP contribution in [0.3, 0.4) is 0 Å². The van der Waals surface area contributed by atoms with Crippen LogP contribution in [0.15, 0.2) is 36.4 Å². The van der Waals surface area contributed by atoms with Gasteiger partial charge in [-0.2, -0.15) is 0 Å². The van der Waals surface area contributed by atoms with E-state index < -0.39 is 0 Å². The van der Waals surface area contributed by atoms with Crippen LogP contribution in [-0.2, 0) is 6.42 Å². The summed E-state index contributed by atoms with van der Waals surface area (Å²) in [6.07, 6.45) is 3.83. The highest BCUT2D eigenvalue weighted by atomic mass is 16.5. The van der Waals surface area contributed by atoms with E-state index in [1.807, 2.05) is 0 Å². The third-order valence-corrected chi connectivity index (χ3v) is 4.05. The van der Waals surface area contributed by atoms with E-state index in [9.17, 15) is 0 Å². The monoisotopic (exact) mass is 255 g/mol. The van der Waals surface area contributed by atoms with Crippen molar-refractivity contribution in [2.75, 3.05) is 26.7 Å². The second-order valence-corrected chi connectivity index (χ2v) is 5.31. The molecular formula is C17H21NO. The summed E-state index contributed by atoms with van der Waals surface area (Å²) in [5, 5.41) is 2.64. The Morgan fingerprint density at radius 3 is 2.68 bits per heavy atom. The SMILES string of the molecule is COc1cc(CCN2CCCC2)c2ccccc2c1. The minimum Gasteiger partial charge on any atom is -0.497 e. The Kier molecular flexibility index (Phi) is 3.69. The molecule has 1 heterocycles. The summed E-state index contributed by atoms with van der Waals surface area (Å²) in [6.45, 7) is 3.70. The molecule has 0 bridgehead atoms. The van der Waals surface area contributed by atoms with E-state index in [4.69, 9.17) is 4.74 Å². The van der Waals surface area contributed by atoms with Crippen LogP contribution in [0.5, 0.6) is 5.75 Å². The van der Waals surface area contributed by atoms with Crippen LogP contribution in [0.4, 0.5) is 0 Å². The highest BCUT2D eigenvalue weighted by Crippen LogP contribution is 2.26. The van der Waals surface area contributed by atoms with E-state index in [-0.39, 0.29) is 0 Å². The molecule has 0 aliphatic carbocycles. The molecule has 19 heavy (non-hydrogen) atoms. The van der Waals surface area contributed by atoms with Gasteiger partial charge in [0.1, 0.15) is 5.75 Å². The molecule has 2 aromatic carbocycles. The summed E-state index contributed by atoms with van der Waals surface area (Å²) in [5.41, 5.74) is 1.40. The fourth-order valence-electron chi connectivity index (χ4n) is 2.97. The number of rotatable bonds is 4. The molecule has 1 fully saturated rings. The zero-order chi connectivity index (χ0) is 13.1. The van der Waals surface area contributed by atoms with Crippen molar-refractivity contribution in [3.8, 4) is 5.75 Å². The van der Waals surface area contributed by atoms with Gasteiger partial charge in [0.2, 0.25) is 0 Å². The molecule has 1 saturated heterocycles. The number of likely N-dealkylation sites (tertiary alicyclic amines) is 1. The molecule has 2 nitrogen and oxygen atoms in total. The lowest BCUT2D eigenvalue weighted by Crippen LogP contribution is -2.22. The summed E-state index contributed by atoms with van der Waals surface area (Å²) in [5.74, 6) is 0.968. The Labute approximate surface area is 115 Å². The number of hydrogen-bond acceptors (Lipinski definition) is 2. The van der Waals surface area contributed by atoms with Crippen molar-refractivity contribution >= 4 is 10.8 Å². The topological polar surface area (TPSA) is 12.5 Å². The Hall–Kier alpha value is -1.54. The lowest BCUT2D eigenvalue weighted by Gasteiger charge is -2.16. The molecule has 100 valence electrons. The lowest BCUT2D eigenvalue weighted by molar-refractivity contribution is 0.343. The number of benzene rings is 2. The van der Waals surface area contributed by atoms with Gasteiger partial charge in [0, 0.05) is 6.54 Å². The van der Waals surface area contributed by atoms with Crippen molar-refractivity contribution in [1.82, 2.24) is 4.90 Å². The number of fused-ring (bicyclic) bond motifs is 1. The normalized spacial score (nSPS) is 16.1. The second kappa shape index (κ2) is 5.62. The predicted octanol–water partition coefficient (Wildman–Crippen LogP) is 3.49. The molecule has 0 atom stereocenters. The second-order valence-electron chi connectivity index (χ2n) is 5.31.